The second kappa shape index (κ2) is 6.36. The maximum absolute atomic E-state index is 12.9. The van der Waals surface area contributed by atoms with Crippen LogP contribution in [0.4, 0.5) is 0 Å². The van der Waals surface area contributed by atoms with Crippen molar-refractivity contribution in [1.82, 2.24) is 9.38 Å². The van der Waals surface area contributed by atoms with E-state index in [0.717, 1.165) is 17.3 Å². The Morgan fingerprint density at radius 1 is 1.19 bits per heavy atom. The molecule has 0 saturated heterocycles. The Labute approximate surface area is 158 Å². The summed E-state index contributed by atoms with van der Waals surface area (Å²) < 4.78 is 35.2. The number of methoxy groups -OCH3 is 1. The fourth-order valence-electron chi connectivity index (χ4n) is 2.76. The second-order valence-corrected chi connectivity index (χ2v) is 8.41. The summed E-state index contributed by atoms with van der Waals surface area (Å²) in [6.07, 6.45) is 2.55. The number of ether oxygens (including phenoxy) is 1. The molecule has 2 heterocycles. The number of thiazole rings is 1. The molecule has 0 aliphatic carbocycles. The molecule has 9 heteroatoms. The topological polar surface area (TPSA) is 87.0 Å². The summed E-state index contributed by atoms with van der Waals surface area (Å²) in [6, 6.07) is 12.1. The van der Waals surface area contributed by atoms with E-state index in [2.05, 4.69) is 4.98 Å². The summed E-state index contributed by atoms with van der Waals surface area (Å²) in [5.74, 6) is 0.634. The van der Waals surface area contributed by atoms with Gasteiger partial charge in [0.1, 0.15) is 11.5 Å². The number of benzene rings is 2. The number of hydrogen-bond donors (Lipinski definition) is 0. The SMILES string of the molecule is COc1ccc(OS(C)(=O)=O)c(/C=c2\sc3nc4ccccc4n3c2=O)c1. The molecule has 0 unspecified atom stereocenters. The highest BCUT2D eigenvalue weighted by Crippen LogP contribution is 2.26. The van der Waals surface area contributed by atoms with E-state index >= 15 is 0 Å². The number of rotatable bonds is 4. The largest absolute Gasteiger partial charge is 0.497 e. The van der Waals surface area contributed by atoms with Crippen LogP contribution in [0.25, 0.3) is 22.1 Å². The maximum atomic E-state index is 12.9. The van der Waals surface area contributed by atoms with Crippen LogP contribution in [0.2, 0.25) is 0 Å². The molecule has 7 nitrogen and oxygen atoms in total. The molecule has 0 aliphatic heterocycles. The van der Waals surface area contributed by atoms with E-state index < -0.39 is 10.1 Å². The van der Waals surface area contributed by atoms with Gasteiger partial charge in [-0.05, 0) is 36.4 Å². The minimum absolute atomic E-state index is 0.119. The van der Waals surface area contributed by atoms with E-state index in [1.54, 1.807) is 22.6 Å². The molecule has 4 aromatic rings. The lowest BCUT2D eigenvalue weighted by Crippen LogP contribution is -2.22. The van der Waals surface area contributed by atoms with Crippen LogP contribution in [0.5, 0.6) is 11.5 Å². The number of imidazole rings is 1. The van der Waals surface area contributed by atoms with Gasteiger partial charge in [0.2, 0.25) is 0 Å². The van der Waals surface area contributed by atoms with Crippen molar-refractivity contribution >= 4 is 43.5 Å². The molecule has 0 aliphatic rings. The first-order chi connectivity index (χ1) is 12.9. The van der Waals surface area contributed by atoms with Gasteiger partial charge in [-0.2, -0.15) is 8.42 Å². The molecule has 0 atom stereocenters. The van der Waals surface area contributed by atoms with Gasteiger partial charge >= 0.3 is 10.1 Å². The minimum Gasteiger partial charge on any atom is -0.497 e. The van der Waals surface area contributed by atoms with Crippen LogP contribution in [0.15, 0.2) is 47.3 Å². The lowest BCUT2D eigenvalue weighted by Gasteiger charge is -2.08. The normalized spacial score (nSPS) is 12.7. The zero-order valence-electron chi connectivity index (χ0n) is 14.4. The number of nitrogens with zero attached hydrogens (tertiary/aromatic N) is 2. The Morgan fingerprint density at radius 3 is 2.70 bits per heavy atom. The van der Waals surface area contributed by atoms with Gasteiger partial charge in [-0.15, -0.1) is 0 Å². The lowest BCUT2D eigenvalue weighted by molar-refractivity contribution is 0.413. The van der Waals surface area contributed by atoms with Gasteiger partial charge < -0.3 is 8.92 Å². The first kappa shape index (κ1) is 17.5. The van der Waals surface area contributed by atoms with Gasteiger partial charge in [0.15, 0.2) is 4.96 Å². The highest BCUT2D eigenvalue weighted by Gasteiger charge is 2.13. The van der Waals surface area contributed by atoms with Crippen molar-refractivity contribution in [3.05, 3.63) is 62.9 Å². The van der Waals surface area contributed by atoms with Gasteiger partial charge in [0.05, 0.1) is 28.9 Å². The van der Waals surface area contributed by atoms with Crippen molar-refractivity contribution in [1.29, 1.82) is 0 Å². The van der Waals surface area contributed by atoms with E-state index in [9.17, 15) is 13.2 Å². The third kappa shape index (κ3) is 3.26. The van der Waals surface area contributed by atoms with Crippen molar-refractivity contribution in [3.63, 3.8) is 0 Å². The zero-order valence-corrected chi connectivity index (χ0v) is 16.0. The number of fused-ring (bicyclic) bond motifs is 3. The van der Waals surface area contributed by atoms with Gasteiger partial charge in [0, 0.05) is 5.56 Å². The minimum atomic E-state index is -3.72. The second-order valence-electron chi connectivity index (χ2n) is 5.83. The van der Waals surface area contributed by atoms with Crippen LogP contribution in [0.1, 0.15) is 5.56 Å². The molecule has 0 N–H and O–H groups in total. The van der Waals surface area contributed by atoms with Gasteiger partial charge in [-0.1, -0.05) is 23.5 Å². The Bertz CT molecular complexity index is 1390. The summed E-state index contributed by atoms with van der Waals surface area (Å²) in [6.45, 7) is 0. The summed E-state index contributed by atoms with van der Waals surface area (Å²) in [5.41, 5.74) is 1.67. The van der Waals surface area contributed by atoms with Gasteiger partial charge in [0.25, 0.3) is 5.56 Å². The van der Waals surface area contributed by atoms with Crippen molar-refractivity contribution in [2.75, 3.05) is 13.4 Å². The highest BCUT2D eigenvalue weighted by molar-refractivity contribution is 7.86. The van der Waals surface area contributed by atoms with Crippen molar-refractivity contribution in [3.8, 4) is 11.5 Å². The fraction of sp³-hybridized carbons (Fsp3) is 0.111. The summed E-state index contributed by atoms with van der Waals surface area (Å²) in [7, 11) is -2.22. The predicted molar refractivity (Wildman–Crippen MR) is 104 cm³/mol. The van der Waals surface area contributed by atoms with Crippen LogP contribution < -0.4 is 19.0 Å². The van der Waals surface area contributed by atoms with Gasteiger partial charge in [-0.3, -0.25) is 4.79 Å². The van der Waals surface area contributed by atoms with E-state index in [1.807, 2.05) is 24.3 Å². The Kier molecular flexibility index (Phi) is 4.12. The maximum Gasteiger partial charge on any atom is 0.306 e. The zero-order chi connectivity index (χ0) is 19.2. The van der Waals surface area contributed by atoms with Crippen LogP contribution in [0, 0.1) is 0 Å². The molecule has 0 bridgehead atoms. The Balaban J connectivity index is 1.95. The molecule has 0 saturated carbocycles. The average molecular weight is 402 g/mol. The monoisotopic (exact) mass is 402 g/mol. The molecule has 4 rings (SSSR count). The first-order valence-corrected chi connectivity index (χ1v) is 10.5. The third-order valence-corrected chi connectivity index (χ3v) is 5.34. The lowest BCUT2D eigenvalue weighted by atomic mass is 10.2. The van der Waals surface area contributed by atoms with Crippen molar-refractivity contribution in [2.45, 2.75) is 0 Å². The van der Waals surface area contributed by atoms with E-state index in [4.69, 9.17) is 8.92 Å². The smallest absolute Gasteiger partial charge is 0.306 e. The van der Waals surface area contributed by atoms with Crippen LogP contribution in [0.3, 0.4) is 0 Å². The number of aromatic nitrogens is 2. The predicted octanol–water partition coefficient (Wildman–Crippen LogP) is 1.80. The molecule has 27 heavy (non-hydrogen) atoms. The Morgan fingerprint density at radius 2 is 1.96 bits per heavy atom. The van der Waals surface area contributed by atoms with E-state index in [0.29, 0.717) is 20.8 Å². The summed E-state index contributed by atoms with van der Waals surface area (Å²) in [4.78, 5) is 17.9. The van der Waals surface area contributed by atoms with E-state index in [-0.39, 0.29) is 11.3 Å². The quantitative estimate of drug-likeness (QED) is 0.484. The van der Waals surface area contributed by atoms with Crippen LogP contribution in [-0.2, 0) is 10.1 Å². The van der Waals surface area contributed by atoms with Crippen LogP contribution in [-0.4, -0.2) is 31.2 Å². The van der Waals surface area contributed by atoms with Crippen molar-refractivity contribution in [2.24, 2.45) is 0 Å². The molecule has 138 valence electrons. The van der Waals surface area contributed by atoms with Crippen molar-refractivity contribution < 1.29 is 17.3 Å². The van der Waals surface area contributed by atoms with Gasteiger partial charge in [-0.25, -0.2) is 9.38 Å². The first-order valence-electron chi connectivity index (χ1n) is 7.85. The van der Waals surface area contributed by atoms with E-state index in [1.165, 1.54) is 24.5 Å². The van der Waals surface area contributed by atoms with Crippen LogP contribution >= 0.6 is 11.3 Å². The Hall–Kier alpha value is -2.91. The molecule has 0 radical (unpaired) electrons. The fourth-order valence-corrected chi connectivity index (χ4v) is 4.21. The number of hydrogen-bond acceptors (Lipinski definition) is 7. The average Bonchev–Trinajstić information content (AvgIpc) is 3.12. The highest BCUT2D eigenvalue weighted by atomic mass is 32.2. The number of para-hydroxylation sites is 2. The molecular formula is C18H14N2O5S2. The molecular weight excluding hydrogens is 388 g/mol. The third-order valence-electron chi connectivity index (χ3n) is 3.89. The molecule has 2 aromatic heterocycles. The standard InChI is InChI=1S/C18H14N2O5S2/c1-24-12-7-8-15(25-27(2,22)23)11(9-12)10-16-17(21)20-14-6-4-3-5-13(14)19-18(20)26-16/h3-10H,1-2H3/b16-10-. The molecule has 0 amide bonds. The summed E-state index contributed by atoms with van der Waals surface area (Å²) >= 11 is 1.22. The summed E-state index contributed by atoms with van der Waals surface area (Å²) in [5, 5.41) is 0. The molecule has 2 aromatic carbocycles. The molecule has 0 fully saturated rings. The molecule has 0 spiro atoms.